The number of halogens is 2. The van der Waals surface area contributed by atoms with Crippen LogP contribution in [0, 0.1) is 11.6 Å². The quantitative estimate of drug-likeness (QED) is 0.671. The molecule has 1 aromatic heterocycles. The number of H-pyrrole nitrogens is 1. The third kappa shape index (κ3) is 1.39. The Morgan fingerprint density at radius 2 is 1.93 bits per heavy atom. The lowest BCUT2D eigenvalue weighted by Crippen LogP contribution is -1.92. The van der Waals surface area contributed by atoms with Crippen LogP contribution in [-0.2, 0) is 0 Å². The number of anilines is 1. The van der Waals surface area contributed by atoms with Crippen molar-refractivity contribution >= 4 is 5.82 Å². The molecule has 0 fully saturated rings. The minimum Gasteiger partial charge on any atom is -0.504 e. The van der Waals surface area contributed by atoms with Crippen LogP contribution in [0.3, 0.4) is 0 Å². The Morgan fingerprint density at radius 1 is 1.27 bits per heavy atom. The molecule has 0 radical (unpaired) electrons. The standard InChI is InChI=1S/C9H7F2N3O/c10-5-1-2-6(11)8(15)7(5)4-3-13-14-9(4)12/h1-3,15H,(H3,12,13,14). The normalized spacial score (nSPS) is 10.5. The van der Waals surface area contributed by atoms with E-state index in [2.05, 4.69) is 10.2 Å². The van der Waals surface area contributed by atoms with Crippen LogP contribution >= 0.6 is 0 Å². The number of hydrogen-bond acceptors (Lipinski definition) is 3. The Balaban J connectivity index is 2.72. The monoisotopic (exact) mass is 211 g/mol. The van der Waals surface area contributed by atoms with E-state index in [0.29, 0.717) is 0 Å². The summed E-state index contributed by atoms with van der Waals surface area (Å²) in [5.41, 5.74) is 5.28. The topological polar surface area (TPSA) is 74.9 Å². The lowest BCUT2D eigenvalue weighted by atomic mass is 10.1. The van der Waals surface area contributed by atoms with Gasteiger partial charge >= 0.3 is 0 Å². The molecule has 6 heteroatoms. The van der Waals surface area contributed by atoms with Crippen LogP contribution in [0.2, 0.25) is 0 Å². The van der Waals surface area contributed by atoms with Gasteiger partial charge in [-0.05, 0) is 12.1 Å². The number of hydrogen-bond donors (Lipinski definition) is 3. The minimum absolute atomic E-state index is 0.0646. The second-order valence-electron chi connectivity index (χ2n) is 2.95. The first-order chi connectivity index (χ1) is 7.11. The van der Waals surface area contributed by atoms with Crippen molar-refractivity contribution in [3.8, 4) is 16.9 Å². The van der Waals surface area contributed by atoms with Gasteiger partial charge in [0.25, 0.3) is 0 Å². The molecule has 0 aliphatic carbocycles. The third-order valence-corrected chi connectivity index (χ3v) is 2.02. The number of phenolic OH excluding ortho intramolecular Hbond substituents is 1. The molecule has 0 aliphatic heterocycles. The zero-order valence-corrected chi connectivity index (χ0v) is 7.46. The number of benzene rings is 1. The number of phenols is 1. The molecule has 0 amide bonds. The van der Waals surface area contributed by atoms with Gasteiger partial charge in [-0.25, -0.2) is 8.78 Å². The van der Waals surface area contributed by atoms with Crippen molar-refractivity contribution in [3.63, 3.8) is 0 Å². The SMILES string of the molecule is Nc1[nH]ncc1-c1c(F)ccc(F)c1O. The molecule has 0 spiro atoms. The molecule has 1 heterocycles. The number of nitrogens with one attached hydrogen (secondary N) is 1. The predicted octanol–water partition coefficient (Wildman–Crippen LogP) is 1.64. The highest BCUT2D eigenvalue weighted by Crippen LogP contribution is 2.35. The van der Waals surface area contributed by atoms with Gasteiger partial charge in [-0.3, -0.25) is 5.10 Å². The number of aromatic amines is 1. The van der Waals surface area contributed by atoms with Gasteiger partial charge in [-0.15, -0.1) is 0 Å². The van der Waals surface area contributed by atoms with E-state index in [-0.39, 0.29) is 16.9 Å². The maximum absolute atomic E-state index is 13.3. The smallest absolute Gasteiger partial charge is 0.165 e. The maximum atomic E-state index is 13.3. The number of nitrogens with zero attached hydrogens (tertiary/aromatic N) is 1. The fourth-order valence-corrected chi connectivity index (χ4v) is 1.29. The van der Waals surface area contributed by atoms with E-state index < -0.39 is 17.4 Å². The third-order valence-electron chi connectivity index (χ3n) is 2.02. The molecule has 2 aromatic rings. The first-order valence-electron chi connectivity index (χ1n) is 4.07. The van der Waals surface area contributed by atoms with E-state index in [1.807, 2.05) is 0 Å². The summed E-state index contributed by atoms with van der Waals surface area (Å²) in [4.78, 5) is 0. The number of aromatic hydroxyl groups is 1. The highest BCUT2D eigenvalue weighted by atomic mass is 19.1. The van der Waals surface area contributed by atoms with Gasteiger partial charge in [-0.2, -0.15) is 5.10 Å². The van der Waals surface area contributed by atoms with Gasteiger partial charge in [0.05, 0.1) is 17.3 Å². The molecule has 0 aliphatic rings. The summed E-state index contributed by atoms with van der Waals surface area (Å²) in [7, 11) is 0. The molecule has 1 aromatic carbocycles. The highest BCUT2D eigenvalue weighted by Gasteiger charge is 2.17. The summed E-state index contributed by atoms with van der Waals surface area (Å²) in [6.07, 6.45) is 1.22. The molecule has 0 bridgehead atoms. The second kappa shape index (κ2) is 3.23. The summed E-state index contributed by atoms with van der Waals surface area (Å²) < 4.78 is 26.3. The molecule has 4 nitrogen and oxygen atoms in total. The Hall–Kier alpha value is -2.11. The van der Waals surface area contributed by atoms with E-state index >= 15 is 0 Å². The fourth-order valence-electron chi connectivity index (χ4n) is 1.29. The van der Waals surface area contributed by atoms with Crippen molar-refractivity contribution in [3.05, 3.63) is 30.0 Å². The fraction of sp³-hybridized carbons (Fsp3) is 0. The molecule has 0 saturated carbocycles. The Bertz CT molecular complexity index is 510. The van der Waals surface area contributed by atoms with Crippen LogP contribution in [0.15, 0.2) is 18.3 Å². The largest absolute Gasteiger partial charge is 0.504 e. The van der Waals surface area contributed by atoms with Crippen LogP contribution in [-0.4, -0.2) is 15.3 Å². The summed E-state index contributed by atoms with van der Waals surface area (Å²) in [6, 6.07) is 1.75. The molecule has 15 heavy (non-hydrogen) atoms. The highest BCUT2D eigenvalue weighted by molar-refractivity contribution is 5.78. The van der Waals surface area contributed by atoms with Gasteiger partial charge in [-0.1, -0.05) is 0 Å². The first-order valence-corrected chi connectivity index (χ1v) is 4.07. The molecule has 0 saturated heterocycles. The molecule has 2 rings (SSSR count). The average molecular weight is 211 g/mol. The van der Waals surface area contributed by atoms with E-state index in [4.69, 9.17) is 5.73 Å². The van der Waals surface area contributed by atoms with Crippen molar-refractivity contribution in [2.24, 2.45) is 0 Å². The zero-order chi connectivity index (χ0) is 11.0. The van der Waals surface area contributed by atoms with Gasteiger partial charge in [0.15, 0.2) is 11.6 Å². The van der Waals surface area contributed by atoms with Crippen molar-refractivity contribution in [1.29, 1.82) is 0 Å². The molecule has 0 atom stereocenters. The van der Waals surface area contributed by atoms with E-state index in [0.717, 1.165) is 12.1 Å². The molecule has 4 N–H and O–H groups in total. The summed E-state index contributed by atoms with van der Waals surface area (Å²) >= 11 is 0. The molecular formula is C9H7F2N3O. The van der Waals surface area contributed by atoms with Gasteiger partial charge in [0, 0.05) is 0 Å². The molecule has 0 unspecified atom stereocenters. The lowest BCUT2D eigenvalue weighted by molar-refractivity contribution is 0.429. The number of nitrogens with two attached hydrogens (primary N) is 1. The lowest BCUT2D eigenvalue weighted by Gasteiger charge is -2.05. The Labute approximate surface area is 83.4 Å². The van der Waals surface area contributed by atoms with Crippen molar-refractivity contribution in [2.45, 2.75) is 0 Å². The van der Waals surface area contributed by atoms with Gasteiger partial charge in [0.1, 0.15) is 11.6 Å². The van der Waals surface area contributed by atoms with Crippen LogP contribution in [0.4, 0.5) is 14.6 Å². The zero-order valence-electron chi connectivity index (χ0n) is 7.46. The molecular weight excluding hydrogens is 204 g/mol. The maximum Gasteiger partial charge on any atom is 0.165 e. The van der Waals surface area contributed by atoms with E-state index in [1.54, 1.807) is 0 Å². The number of nitrogen functional groups attached to an aromatic ring is 1. The number of aromatic nitrogens is 2. The molecule has 78 valence electrons. The second-order valence-corrected chi connectivity index (χ2v) is 2.95. The first kappa shape index (κ1) is 9.45. The Morgan fingerprint density at radius 3 is 2.53 bits per heavy atom. The predicted molar refractivity (Wildman–Crippen MR) is 50.0 cm³/mol. The van der Waals surface area contributed by atoms with Crippen LogP contribution in [0.25, 0.3) is 11.1 Å². The van der Waals surface area contributed by atoms with Crippen molar-refractivity contribution < 1.29 is 13.9 Å². The van der Waals surface area contributed by atoms with Crippen LogP contribution in [0.5, 0.6) is 5.75 Å². The van der Waals surface area contributed by atoms with Crippen LogP contribution in [0.1, 0.15) is 0 Å². The summed E-state index contributed by atoms with van der Waals surface area (Å²) in [6.45, 7) is 0. The summed E-state index contributed by atoms with van der Waals surface area (Å²) in [5.74, 6) is -2.38. The van der Waals surface area contributed by atoms with Crippen molar-refractivity contribution in [2.75, 3.05) is 5.73 Å². The van der Waals surface area contributed by atoms with Crippen LogP contribution < -0.4 is 5.73 Å². The number of rotatable bonds is 1. The Kier molecular flexibility index (Phi) is 2.03. The van der Waals surface area contributed by atoms with Crippen molar-refractivity contribution in [1.82, 2.24) is 10.2 Å². The minimum atomic E-state index is -0.910. The van der Waals surface area contributed by atoms with Gasteiger partial charge < -0.3 is 10.8 Å². The summed E-state index contributed by atoms with van der Waals surface area (Å²) in [5, 5.41) is 15.3. The average Bonchev–Trinajstić information content (AvgIpc) is 2.60. The van der Waals surface area contributed by atoms with E-state index in [1.165, 1.54) is 6.20 Å². The van der Waals surface area contributed by atoms with Gasteiger partial charge in [0.2, 0.25) is 0 Å². The van der Waals surface area contributed by atoms with E-state index in [9.17, 15) is 13.9 Å².